The number of benzene rings is 1. The first kappa shape index (κ1) is 11.1. The summed E-state index contributed by atoms with van der Waals surface area (Å²) in [5, 5.41) is 0. The molecule has 0 radical (unpaired) electrons. The molecule has 1 aliphatic rings. The highest BCUT2D eigenvalue weighted by atomic mass is 15.2. The van der Waals surface area contributed by atoms with Crippen LogP contribution >= 0.6 is 0 Å². The van der Waals surface area contributed by atoms with Gasteiger partial charge in [-0.1, -0.05) is 12.1 Å². The molecule has 1 aromatic rings. The van der Waals surface area contributed by atoms with Gasteiger partial charge in [0.15, 0.2) is 0 Å². The van der Waals surface area contributed by atoms with Gasteiger partial charge in [0.2, 0.25) is 0 Å². The minimum Gasteiger partial charge on any atom is -0.331 e. The highest BCUT2D eigenvalue weighted by Crippen LogP contribution is 2.18. The third-order valence-electron chi connectivity index (χ3n) is 2.62. The molecule has 16 heavy (non-hydrogen) atoms. The topological polar surface area (TPSA) is 41.6 Å². The van der Waals surface area contributed by atoms with Gasteiger partial charge in [-0.2, -0.15) is 0 Å². The molecular formula is C13H19N3. The molecule has 2 rings (SSSR count). The van der Waals surface area contributed by atoms with Gasteiger partial charge in [-0.25, -0.2) is 0 Å². The third-order valence-corrected chi connectivity index (χ3v) is 2.62. The van der Waals surface area contributed by atoms with Crippen LogP contribution in [0.15, 0.2) is 29.3 Å². The molecule has 0 aromatic heterocycles. The SMILES string of the molecule is CC(C)(N)Cc1ccc(N2C=NCC2)cc1. The van der Waals surface area contributed by atoms with Crippen molar-refractivity contribution in [2.75, 3.05) is 18.0 Å². The smallest absolute Gasteiger partial charge is 0.0895 e. The molecule has 1 heterocycles. The van der Waals surface area contributed by atoms with Crippen molar-refractivity contribution >= 4 is 12.0 Å². The van der Waals surface area contributed by atoms with E-state index in [0.29, 0.717) is 0 Å². The Hall–Kier alpha value is -1.35. The van der Waals surface area contributed by atoms with E-state index in [1.807, 2.05) is 20.2 Å². The highest BCUT2D eigenvalue weighted by Gasteiger charge is 2.12. The molecule has 0 fully saturated rings. The summed E-state index contributed by atoms with van der Waals surface area (Å²) in [6.07, 6.45) is 2.81. The van der Waals surface area contributed by atoms with E-state index in [-0.39, 0.29) is 5.54 Å². The Balaban J connectivity index is 2.07. The molecule has 0 bridgehead atoms. The minimum atomic E-state index is -0.142. The van der Waals surface area contributed by atoms with Crippen LogP contribution in [-0.4, -0.2) is 25.0 Å². The van der Waals surface area contributed by atoms with E-state index >= 15 is 0 Å². The van der Waals surface area contributed by atoms with Crippen molar-refractivity contribution in [3.05, 3.63) is 29.8 Å². The zero-order valence-corrected chi connectivity index (χ0v) is 9.98. The molecule has 1 aliphatic heterocycles. The van der Waals surface area contributed by atoms with Gasteiger partial charge in [-0.05, 0) is 38.0 Å². The van der Waals surface area contributed by atoms with Crippen LogP contribution in [-0.2, 0) is 6.42 Å². The number of aliphatic imine (C=N–C) groups is 1. The molecule has 3 nitrogen and oxygen atoms in total. The van der Waals surface area contributed by atoms with Crippen LogP contribution in [0, 0.1) is 0 Å². The molecule has 2 N–H and O–H groups in total. The van der Waals surface area contributed by atoms with Crippen LogP contribution in [0.5, 0.6) is 0 Å². The fourth-order valence-corrected chi connectivity index (χ4v) is 1.91. The lowest BCUT2D eigenvalue weighted by Crippen LogP contribution is -2.34. The van der Waals surface area contributed by atoms with Crippen molar-refractivity contribution in [2.45, 2.75) is 25.8 Å². The summed E-state index contributed by atoms with van der Waals surface area (Å²) in [5.74, 6) is 0. The summed E-state index contributed by atoms with van der Waals surface area (Å²) in [4.78, 5) is 6.37. The first-order chi connectivity index (χ1) is 7.54. The van der Waals surface area contributed by atoms with Gasteiger partial charge in [0.1, 0.15) is 0 Å². The maximum Gasteiger partial charge on any atom is 0.0895 e. The number of rotatable bonds is 3. The second kappa shape index (κ2) is 4.26. The zero-order valence-electron chi connectivity index (χ0n) is 9.98. The van der Waals surface area contributed by atoms with E-state index < -0.39 is 0 Å². The number of anilines is 1. The maximum absolute atomic E-state index is 6.00. The Kier molecular flexibility index (Phi) is 2.97. The Labute approximate surface area is 97.0 Å². The van der Waals surface area contributed by atoms with Crippen LogP contribution < -0.4 is 10.6 Å². The van der Waals surface area contributed by atoms with Crippen molar-refractivity contribution in [3.8, 4) is 0 Å². The monoisotopic (exact) mass is 217 g/mol. The van der Waals surface area contributed by atoms with Crippen LogP contribution in [0.3, 0.4) is 0 Å². The van der Waals surface area contributed by atoms with Gasteiger partial charge >= 0.3 is 0 Å². The normalized spacial score (nSPS) is 15.8. The van der Waals surface area contributed by atoms with E-state index in [1.165, 1.54) is 11.3 Å². The van der Waals surface area contributed by atoms with E-state index in [4.69, 9.17) is 5.73 Å². The molecule has 0 spiro atoms. The van der Waals surface area contributed by atoms with E-state index in [1.54, 1.807) is 0 Å². The average molecular weight is 217 g/mol. The molecule has 0 atom stereocenters. The lowest BCUT2D eigenvalue weighted by Gasteiger charge is -2.19. The zero-order chi connectivity index (χ0) is 11.6. The second-order valence-electron chi connectivity index (χ2n) is 5.05. The standard InChI is InChI=1S/C13H19N3/c1-13(2,14)9-11-3-5-12(6-4-11)16-8-7-15-10-16/h3-6,10H,7-9,14H2,1-2H3. The lowest BCUT2D eigenvalue weighted by atomic mass is 9.96. The van der Waals surface area contributed by atoms with Crippen molar-refractivity contribution < 1.29 is 0 Å². The Bertz CT molecular complexity index is 373. The maximum atomic E-state index is 6.00. The molecule has 0 unspecified atom stereocenters. The van der Waals surface area contributed by atoms with Gasteiger partial charge in [0.05, 0.1) is 12.9 Å². The summed E-state index contributed by atoms with van der Waals surface area (Å²) in [6, 6.07) is 8.57. The van der Waals surface area contributed by atoms with Crippen LogP contribution in [0.2, 0.25) is 0 Å². The molecular weight excluding hydrogens is 198 g/mol. The van der Waals surface area contributed by atoms with Gasteiger partial charge in [0.25, 0.3) is 0 Å². The summed E-state index contributed by atoms with van der Waals surface area (Å²) < 4.78 is 0. The van der Waals surface area contributed by atoms with Crippen molar-refractivity contribution in [3.63, 3.8) is 0 Å². The predicted octanol–water partition coefficient (Wildman–Crippen LogP) is 1.81. The Morgan fingerprint density at radius 1 is 1.31 bits per heavy atom. The largest absolute Gasteiger partial charge is 0.331 e. The minimum absolute atomic E-state index is 0.142. The van der Waals surface area contributed by atoms with Gasteiger partial charge in [0, 0.05) is 17.8 Å². The summed E-state index contributed by atoms with van der Waals surface area (Å²) >= 11 is 0. The predicted molar refractivity (Wildman–Crippen MR) is 69.1 cm³/mol. The second-order valence-corrected chi connectivity index (χ2v) is 5.05. The Morgan fingerprint density at radius 2 is 2.00 bits per heavy atom. The molecule has 0 saturated carbocycles. The average Bonchev–Trinajstić information content (AvgIpc) is 2.69. The van der Waals surface area contributed by atoms with Gasteiger partial charge in [-0.15, -0.1) is 0 Å². The molecule has 86 valence electrons. The van der Waals surface area contributed by atoms with Crippen molar-refractivity contribution in [2.24, 2.45) is 10.7 Å². The van der Waals surface area contributed by atoms with Gasteiger partial charge in [-0.3, -0.25) is 4.99 Å². The molecule has 0 aliphatic carbocycles. The number of nitrogens with zero attached hydrogens (tertiary/aromatic N) is 2. The lowest BCUT2D eigenvalue weighted by molar-refractivity contribution is 0.517. The van der Waals surface area contributed by atoms with E-state index in [2.05, 4.69) is 34.2 Å². The first-order valence-electron chi connectivity index (χ1n) is 5.69. The highest BCUT2D eigenvalue weighted by molar-refractivity contribution is 5.80. The first-order valence-corrected chi connectivity index (χ1v) is 5.69. The summed E-state index contributed by atoms with van der Waals surface area (Å²) in [5.41, 5.74) is 8.35. The Morgan fingerprint density at radius 3 is 2.50 bits per heavy atom. The molecule has 0 saturated heterocycles. The number of nitrogens with two attached hydrogens (primary N) is 1. The van der Waals surface area contributed by atoms with Gasteiger partial charge < -0.3 is 10.6 Å². The quantitative estimate of drug-likeness (QED) is 0.839. The molecule has 1 aromatic carbocycles. The van der Waals surface area contributed by atoms with E-state index in [9.17, 15) is 0 Å². The number of hydrogen-bond acceptors (Lipinski definition) is 3. The van der Waals surface area contributed by atoms with Crippen LogP contribution in [0.4, 0.5) is 5.69 Å². The van der Waals surface area contributed by atoms with Crippen molar-refractivity contribution in [1.82, 2.24) is 0 Å². The summed E-state index contributed by atoms with van der Waals surface area (Å²) in [6.45, 7) is 5.99. The summed E-state index contributed by atoms with van der Waals surface area (Å²) in [7, 11) is 0. The fourth-order valence-electron chi connectivity index (χ4n) is 1.91. The van der Waals surface area contributed by atoms with Crippen LogP contribution in [0.1, 0.15) is 19.4 Å². The fraction of sp³-hybridized carbons (Fsp3) is 0.462. The van der Waals surface area contributed by atoms with Crippen molar-refractivity contribution in [1.29, 1.82) is 0 Å². The molecule has 0 amide bonds. The number of hydrogen-bond donors (Lipinski definition) is 1. The third kappa shape index (κ3) is 2.83. The van der Waals surface area contributed by atoms with Crippen LogP contribution in [0.25, 0.3) is 0 Å². The molecule has 3 heteroatoms. The van der Waals surface area contributed by atoms with E-state index in [0.717, 1.165) is 19.5 Å².